The van der Waals surface area contributed by atoms with Gasteiger partial charge in [0.1, 0.15) is 5.75 Å². The monoisotopic (exact) mass is 526 g/mol. The molecule has 0 aromatic heterocycles. The van der Waals surface area contributed by atoms with Gasteiger partial charge in [-0.15, -0.1) is 0 Å². The lowest BCUT2D eigenvalue weighted by Gasteiger charge is -2.32. The van der Waals surface area contributed by atoms with Crippen LogP contribution in [0.5, 0.6) is 5.75 Å². The Hall–Kier alpha value is -2.87. The number of nitrogens with one attached hydrogen (secondary N) is 1. The number of ether oxygens (including phenoxy) is 1. The number of amides is 1. The van der Waals surface area contributed by atoms with E-state index in [1.807, 2.05) is 41.3 Å². The SMILES string of the molecule is C[C@H](NS(=O)(=O)c1ccc(OCC(=O)N2CCC(Cc3ccccc3)CC2)c(Cl)c1)c1ccccc1. The quantitative estimate of drug-likeness (QED) is 0.414. The van der Waals surface area contributed by atoms with Crippen LogP contribution in [0, 0.1) is 5.92 Å². The van der Waals surface area contributed by atoms with Gasteiger partial charge in [0.05, 0.1) is 9.92 Å². The van der Waals surface area contributed by atoms with Gasteiger partial charge in [-0.3, -0.25) is 4.79 Å². The van der Waals surface area contributed by atoms with Gasteiger partial charge in [0.2, 0.25) is 10.0 Å². The van der Waals surface area contributed by atoms with E-state index >= 15 is 0 Å². The molecule has 0 bridgehead atoms. The molecule has 3 aromatic rings. The summed E-state index contributed by atoms with van der Waals surface area (Å²) in [6.07, 6.45) is 2.95. The minimum Gasteiger partial charge on any atom is -0.482 e. The molecule has 0 spiro atoms. The largest absolute Gasteiger partial charge is 0.482 e. The van der Waals surface area contributed by atoms with Crippen LogP contribution in [-0.4, -0.2) is 38.9 Å². The summed E-state index contributed by atoms with van der Waals surface area (Å²) in [5, 5.41) is 0.139. The number of likely N-dealkylation sites (tertiary alicyclic amines) is 1. The smallest absolute Gasteiger partial charge is 0.260 e. The van der Waals surface area contributed by atoms with E-state index in [9.17, 15) is 13.2 Å². The number of hydrogen-bond acceptors (Lipinski definition) is 4. The lowest BCUT2D eigenvalue weighted by Crippen LogP contribution is -2.41. The van der Waals surface area contributed by atoms with Crippen molar-refractivity contribution in [3.05, 3.63) is 95.0 Å². The van der Waals surface area contributed by atoms with Crippen LogP contribution in [0.2, 0.25) is 5.02 Å². The average molecular weight is 527 g/mol. The van der Waals surface area contributed by atoms with E-state index in [-0.39, 0.29) is 28.2 Å². The number of nitrogens with zero attached hydrogens (tertiary/aromatic N) is 1. The van der Waals surface area contributed by atoms with Crippen molar-refractivity contribution in [3.8, 4) is 5.75 Å². The number of carbonyl (C=O) groups is 1. The summed E-state index contributed by atoms with van der Waals surface area (Å²) in [6.45, 7) is 3.05. The molecule has 1 heterocycles. The van der Waals surface area contributed by atoms with E-state index in [1.165, 1.54) is 23.8 Å². The predicted octanol–water partition coefficient (Wildman–Crippen LogP) is 5.24. The molecule has 1 saturated heterocycles. The fourth-order valence-electron chi connectivity index (χ4n) is 4.44. The average Bonchev–Trinajstić information content (AvgIpc) is 2.89. The minimum absolute atomic E-state index is 0.0365. The Balaban J connectivity index is 1.28. The molecule has 3 aromatic carbocycles. The number of halogens is 1. The molecule has 0 radical (unpaired) electrons. The van der Waals surface area contributed by atoms with Crippen molar-refractivity contribution in [2.45, 2.75) is 37.1 Å². The van der Waals surface area contributed by atoms with Crippen molar-refractivity contribution in [1.82, 2.24) is 9.62 Å². The first-order chi connectivity index (χ1) is 17.3. The topological polar surface area (TPSA) is 75.7 Å². The van der Waals surface area contributed by atoms with Crippen LogP contribution in [0.25, 0.3) is 0 Å². The Morgan fingerprint density at radius 2 is 1.67 bits per heavy atom. The van der Waals surface area contributed by atoms with Crippen molar-refractivity contribution in [2.75, 3.05) is 19.7 Å². The fourth-order valence-corrected chi connectivity index (χ4v) is 6.00. The van der Waals surface area contributed by atoms with E-state index < -0.39 is 16.1 Å². The molecule has 1 fully saturated rings. The maximum absolute atomic E-state index is 12.8. The second kappa shape index (κ2) is 11.9. The number of sulfonamides is 1. The fraction of sp³-hybridized carbons (Fsp3) is 0.321. The van der Waals surface area contributed by atoms with Gasteiger partial charge in [-0.05, 0) is 61.4 Å². The highest BCUT2D eigenvalue weighted by molar-refractivity contribution is 7.89. The zero-order valence-corrected chi connectivity index (χ0v) is 21.8. The second-order valence-electron chi connectivity index (χ2n) is 9.15. The Bertz CT molecular complexity index is 1260. The van der Waals surface area contributed by atoms with E-state index in [1.54, 1.807) is 6.92 Å². The van der Waals surface area contributed by atoms with Crippen molar-refractivity contribution < 1.29 is 17.9 Å². The molecule has 36 heavy (non-hydrogen) atoms. The molecule has 4 rings (SSSR count). The molecule has 1 N–H and O–H groups in total. The van der Waals surface area contributed by atoms with Gasteiger partial charge in [0, 0.05) is 19.1 Å². The highest BCUT2D eigenvalue weighted by atomic mass is 35.5. The summed E-state index contributed by atoms with van der Waals surface area (Å²) in [6, 6.07) is 23.6. The van der Waals surface area contributed by atoms with Crippen LogP contribution in [0.15, 0.2) is 83.8 Å². The third kappa shape index (κ3) is 6.87. The number of carbonyl (C=O) groups excluding carboxylic acids is 1. The van der Waals surface area contributed by atoms with Gasteiger partial charge in [0.15, 0.2) is 6.61 Å². The van der Waals surface area contributed by atoms with Crippen LogP contribution >= 0.6 is 11.6 Å². The number of hydrogen-bond donors (Lipinski definition) is 1. The maximum atomic E-state index is 12.8. The third-order valence-corrected chi connectivity index (χ3v) is 8.36. The van der Waals surface area contributed by atoms with Crippen molar-refractivity contribution >= 4 is 27.5 Å². The first-order valence-corrected chi connectivity index (χ1v) is 14.0. The zero-order chi connectivity index (χ0) is 25.5. The normalized spacial score (nSPS) is 15.4. The van der Waals surface area contributed by atoms with Crippen LogP contribution in [-0.2, 0) is 21.2 Å². The van der Waals surface area contributed by atoms with E-state index in [0.29, 0.717) is 19.0 Å². The lowest BCUT2D eigenvalue weighted by atomic mass is 9.90. The summed E-state index contributed by atoms with van der Waals surface area (Å²) in [4.78, 5) is 14.5. The minimum atomic E-state index is -3.79. The summed E-state index contributed by atoms with van der Waals surface area (Å²) in [5.74, 6) is 0.748. The maximum Gasteiger partial charge on any atom is 0.260 e. The van der Waals surface area contributed by atoms with Crippen molar-refractivity contribution in [3.63, 3.8) is 0 Å². The Morgan fingerprint density at radius 3 is 2.31 bits per heavy atom. The number of piperidine rings is 1. The predicted molar refractivity (Wildman–Crippen MR) is 142 cm³/mol. The summed E-state index contributed by atoms with van der Waals surface area (Å²) < 4.78 is 34.0. The van der Waals surface area contributed by atoms with E-state index in [4.69, 9.17) is 16.3 Å². The molecule has 0 aliphatic carbocycles. The van der Waals surface area contributed by atoms with Gasteiger partial charge < -0.3 is 9.64 Å². The molecule has 0 unspecified atom stereocenters. The molecular formula is C28H31ClN2O4S. The third-order valence-electron chi connectivity index (χ3n) is 6.53. The van der Waals surface area contributed by atoms with Crippen molar-refractivity contribution in [2.24, 2.45) is 5.92 Å². The molecule has 0 saturated carbocycles. The van der Waals surface area contributed by atoms with E-state index in [2.05, 4.69) is 29.0 Å². The number of benzene rings is 3. The molecule has 190 valence electrons. The molecule has 6 nitrogen and oxygen atoms in total. The summed E-state index contributed by atoms with van der Waals surface area (Å²) >= 11 is 6.31. The first-order valence-electron chi connectivity index (χ1n) is 12.1. The molecular weight excluding hydrogens is 496 g/mol. The van der Waals surface area contributed by atoms with Crippen LogP contribution in [0.3, 0.4) is 0 Å². The van der Waals surface area contributed by atoms with Gasteiger partial charge in [0.25, 0.3) is 5.91 Å². The first kappa shape index (κ1) is 26.2. The van der Waals surface area contributed by atoms with Crippen LogP contribution < -0.4 is 9.46 Å². The van der Waals surface area contributed by atoms with Crippen LogP contribution in [0.1, 0.15) is 36.9 Å². The summed E-state index contributed by atoms with van der Waals surface area (Å²) in [5.41, 5.74) is 2.19. The molecule has 1 atom stereocenters. The number of rotatable bonds is 9. The Kier molecular flexibility index (Phi) is 8.67. The molecule has 1 aliphatic heterocycles. The molecule has 1 amide bonds. The Morgan fingerprint density at radius 1 is 1.03 bits per heavy atom. The van der Waals surface area contributed by atoms with E-state index in [0.717, 1.165) is 24.8 Å². The zero-order valence-electron chi connectivity index (χ0n) is 20.3. The lowest BCUT2D eigenvalue weighted by molar-refractivity contribution is -0.134. The molecule has 8 heteroatoms. The van der Waals surface area contributed by atoms with Crippen molar-refractivity contribution in [1.29, 1.82) is 0 Å². The van der Waals surface area contributed by atoms with Gasteiger partial charge >= 0.3 is 0 Å². The standard InChI is InChI=1S/C28H31ClN2O4S/c1-21(24-10-6-3-7-11-24)30-36(33,34)25-12-13-27(26(29)19-25)35-20-28(32)31-16-14-23(15-17-31)18-22-8-4-2-5-9-22/h2-13,19,21,23,30H,14-18,20H2,1H3/t21-/m0/s1. The Labute approximate surface area is 218 Å². The van der Waals surface area contributed by atoms with Gasteiger partial charge in [-0.25, -0.2) is 13.1 Å². The van der Waals surface area contributed by atoms with Crippen LogP contribution in [0.4, 0.5) is 0 Å². The highest BCUT2D eigenvalue weighted by Crippen LogP contribution is 2.28. The van der Waals surface area contributed by atoms with Gasteiger partial charge in [-0.2, -0.15) is 0 Å². The molecule has 1 aliphatic rings. The second-order valence-corrected chi connectivity index (χ2v) is 11.3. The van der Waals surface area contributed by atoms with Gasteiger partial charge in [-0.1, -0.05) is 72.3 Å². The highest BCUT2D eigenvalue weighted by Gasteiger charge is 2.24. The summed E-state index contributed by atoms with van der Waals surface area (Å²) in [7, 11) is -3.79.